The minimum absolute atomic E-state index is 0.118. The number of fused-ring (bicyclic) bond motifs is 2. The van der Waals surface area contributed by atoms with Crippen molar-refractivity contribution in [2.24, 2.45) is 0 Å². The molecule has 3 N–H and O–H groups in total. The largest absolute Gasteiger partial charge is 0.478 e. The smallest absolute Gasteiger partial charge is 0.277 e. The Morgan fingerprint density at radius 1 is 1.02 bits per heavy atom. The van der Waals surface area contributed by atoms with Crippen molar-refractivity contribution in [3.8, 4) is 5.75 Å². The molecule has 13 heteroatoms. The van der Waals surface area contributed by atoms with E-state index in [0.29, 0.717) is 45.8 Å². The molecule has 3 aliphatic rings. The Labute approximate surface area is 269 Å². The standard InChI is InChI=1S/C32H30Cl2FN3O6S/c1-16-4-7-19(35)14-21(16)28-32(23-10-5-18(34)13-25(23)36-30(32)41)24(15-27(39)37-28)22-12-17(33)6-11-26(22)44-31(2,3)29(40)38-45(42,43)20-8-9-20/h4-7,10-14,20,24,28H,8-9,15H2,1-3H3,(H,36,41)(H,37,39)(H,38,40)/t24-,28+,32?/m1/s1. The molecule has 0 radical (unpaired) electrons. The van der Waals surface area contributed by atoms with Gasteiger partial charge in [-0.1, -0.05) is 35.3 Å². The van der Waals surface area contributed by atoms with Crippen LogP contribution in [0.15, 0.2) is 54.6 Å². The molecule has 3 atom stereocenters. The summed E-state index contributed by atoms with van der Waals surface area (Å²) in [5.41, 5.74) is -0.904. The number of hydrogen-bond acceptors (Lipinski definition) is 6. The van der Waals surface area contributed by atoms with Gasteiger partial charge in [0.25, 0.3) is 5.91 Å². The second-order valence-corrected chi connectivity index (χ2v) is 15.1. The number of rotatable bonds is 7. The number of hydrogen-bond donors (Lipinski definition) is 3. The number of aryl methyl sites for hydroxylation is 1. The van der Waals surface area contributed by atoms with E-state index in [1.54, 1.807) is 37.3 Å². The number of carbonyl (C=O) groups is 3. The van der Waals surface area contributed by atoms with Gasteiger partial charge in [-0.2, -0.15) is 0 Å². The quantitative estimate of drug-likeness (QED) is 0.306. The molecule has 1 saturated carbocycles. The van der Waals surface area contributed by atoms with E-state index in [1.807, 2.05) is 0 Å². The summed E-state index contributed by atoms with van der Waals surface area (Å²) < 4.78 is 48.2. The normalized spacial score (nSPS) is 22.9. The third-order valence-electron chi connectivity index (χ3n) is 8.76. The summed E-state index contributed by atoms with van der Waals surface area (Å²) in [7, 11) is -3.86. The van der Waals surface area contributed by atoms with Crippen LogP contribution in [0.5, 0.6) is 5.75 Å². The Kier molecular flexibility index (Phi) is 7.65. The van der Waals surface area contributed by atoms with Gasteiger partial charge in [-0.15, -0.1) is 0 Å². The van der Waals surface area contributed by atoms with Gasteiger partial charge in [0.15, 0.2) is 5.60 Å². The molecule has 236 valence electrons. The number of halogens is 3. The Hall–Kier alpha value is -3.67. The van der Waals surface area contributed by atoms with Crippen LogP contribution in [0, 0.1) is 12.7 Å². The number of sulfonamides is 1. The van der Waals surface area contributed by atoms with E-state index >= 15 is 0 Å². The summed E-state index contributed by atoms with van der Waals surface area (Å²) in [6, 6.07) is 12.7. The second kappa shape index (κ2) is 11.0. The molecule has 3 aromatic carbocycles. The van der Waals surface area contributed by atoms with Crippen LogP contribution in [0.2, 0.25) is 10.0 Å². The van der Waals surface area contributed by atoms with Crippen LogP contribution in [0.3, 0.4) is 0 Å². The van der Waals surface area contributed by atoms with Gasteiger partial charge in [0, 0.05) is 33.6 Å². The van der Waals surface area contributed by atoms with E-state index in [9.17, 15) is 27.2 Å². The Morgan fingerprint density at radius 2 is 1.71 bits per heavy atom. The van der Waals surface area contributed by atoms with Gasteiger partial charge < -0.3 is 15.4 Å². The molecular weight excluding hydrogens is 644 g/mol. The molecule has 9 nitrogen and oxygen atoms in total. The molecule has 1 saturated heterocycles. The number of benzene rings is 3. The summed E-state index contributed by atoms with van der Waals surface area (Å²) in [6.45, 7) is 4.61. The summed E-state index contributed by atoms with van der Waals surface area (Å²) in [6.07, 6.45) is 0.745. The third-order valence-corrected chi connectivity index (χ3v) is 11.0. The highest BCUT2D eigenvalue weighted by molar-refractivity contribution is 7.90. The summed E-state index contributed by atoms with van der Waals surface area (Å²) in [5.74, 6) is -3.11. The van der Waals surface area contributed by atoms with Gasteiger partial charge in [0.05, 0.1) is 11.3 Å². The Bertz CT molecular complexity index is 1880. The molecule has 3 amide bonds. The maximum atomic E-state index is 14.7. The number of nitrogens with one attached hydrogen (secondary N) is 3. The molecule has 3 aromatic rings. The second-order valence-electron chi connectivity index (χ2n) is 12.2. The van der Waals surface area contributed by atoms with Crippen LogP contribution >= 0.6 is 23.2 Å². The van der Waals surface area contributed by atoms with Gasteiger partial charge in [-0.05, 0) is 92.8 Å². The fourth-order valence-corrected chi connectivity index (χ4v) is 8.14. The first-order valence-electron chi connectivity index (χ1n) is 14.3. The summed E-state index contributed by atoms with van der Waals surface area (Å²) in [4.78, 5) is 41.1. The van der Waals surface area contributed by atoms with Gasteiger partial charge in [-0.3, -0.25) is 14.4 Å². The van der Waals surface area contributed by atoms with E-state index in [1.165, 1.54) is 38.1 Å². The summed E-state index contributed by atoms with van der Waals surface area (Å²) in [5, 5.41) is 5.90. The number of piperidine rings is 1. The zero-order valence-electron chi connectivity index (χ0n) is 24.5. The number of ether oxygens (including phenoxy) is 1. The molecule has 2 aliphatic heterocycles. The lowest BCUT2D eigenvalue weighted by Gasteiger charge is -2.47. The molecular formula is C32H30Cl2FN3O6S. The van der Waals surface area contributed by atoms with Crippen molar-refractivity contribution in [3.05, 3.63) is 92.7 Å². The highest BCUT2D eigenvalue weighted by atomic mass is 35.5. The van der Waals surface area contributed by atoms with Crippen LogP contribution in [0.4, 0.5) is 10.1 Å². The maximum absolute atomic E-state index is 14.7. The van der Waals surface area contributed by atoms with Crippen LogP contribution < -0.4 is 20.1 Å². The zero-order chi connectivity index (χ0) is 32.5. The predicted molar refractivity (Wildman–Crippen MR) is 167 cm³/mol. The molecule has 1 unspecified atom stereocenters. The van der Waals surface area contributed by atoms with Crippen molar-refractivity contribution < 1.29 is 31.9 Å². The molecule has 6 rings (SSSR count). The van der Waals surface area contributed by atoms with Crippen LogP contribution in [0.1, 0.15) is 67.3 Å². The minimum atomic E-state index is -3.86. The van der Waals surface area contributed by atoms with E-state index in [4.69, 9.17) is 27.9 Å². The van der Waals surface area contributed by atoms with Crippen LogP contribution in [0.25, 0.3) is 0 Å². The lowest BCUT2D eigenvalue weighted by molar-refractivity contribution is -0.133. The van der Waals surface area contributed by atoms with E-state index in [0.717, 1.165) is 0 Å². The first kappa shape index (κ1) is 31.3. The number of anilines is 1. The maximum Gasteiger partial charge on any atom is 0.277 e. The molecule has 0 aromatic heterocycles. The zero-order valence-corrected chi connectivity index (χ0v) is 26.9. The van der Waals surface area contributed by atoms with E-state index in [2.05, 4.69) is 15.4 Å². The average Bonchev–Trinajstić information content (AvgIpc) is 3.78. The van der Waals surface area contributed by atoms with Crippen molar-refractivity contribution in [2.75, 3.05) is 5.32 Å². The topological polar surface area (TPSA) is 131 Å². The lowest BCUT2D eigenvalue weighted by Crippen LogP contribution is -2.57. The van der Waals surface area contributed by atoms with Crippen molar-refractivity contribution in [1.82, 2.24) is 10.0 Å². The van der Waals surface area contributed by atoms with E-state index < -0.39 is 61.8 Å². The van der Waals surface area contributed by atoms with Crippen LogP contribution in [-0.2, 0) is 29.8 Å². The first-order chi connectivity index (χ1) is 21.1. The lowest BCUT2D eigenvalue weighted by atomic mass is 9.59. The highest BCUT2D eigenvalue weighted by Gasteiger charge is 2.62. The Balaban J connectivity index is 1.53. The summed E-state index contributed by atoms with van der Waals surface area (Å²) >= 11 is 12.8. The first-order valence-corrected chi connectivity index (χ1v) is 16.6. The van der Waals surface area contributed by atoms with Crippen molar-refractivity contribution >= 4 is 56.6 Å². The fourth-order valence-electron chi connectivity index (χ4n) is 6.36. The van der Waals surface area contributed by atoms with Gasteiger partial charge in [0.1, 0.15) is 17.0 Å². The highest BCUT2D eigenvalue weighted by Crippen LogP contribution is 2.59. The third kappa shape index (κ3) is 5.44. The molecule has 1 aliphatic carbocycles. The number of carbonyl (C=O) groups excluding carboxylic acids is 3. The van der Waals surface area contributed by atoms with Gasteiger partial charge in [-0.25, -0.2) is 17.5 Å². The van der Waals surface area contributed by atoms with Gasteiger partial charge >= 0.3 is 0 Å². The SMILES string of the molecule is Cc1ccc(F)cc1[C@@H]1NC(=O)C[C@H](c2cc(Cl)ccc2OC(C)(C)C(=O)NS(=O)(=O)C2CC2)C12C(=O)Nc1cc(Cl)ccc12. The fraction of sp³-hybridized carbons (Fsp3) is 0.344. The molecule has 2 heterocycles. The Morgan fingerprint density at radius 3 is 2.42 bits per heavy atom. The molecule has 0 bridgehead atoms. The van der Waals surface area contributed by atoms with Crippen molar-refractivity contribution in [3.63, 3.8) is 0 Å². The van der Waals surface area contributed by atoms with Gasteiger partial charge in [0.2, 0.25) is 21.8 Å². The molecule has 2 fully saturated rings. The van der Waals surface area contributed by atoms with Crippen molar-refractivity contribution in [1.29, 1.82) is 0 Å². The minimum Gasteiger partial charge on any atom is -0.478 e. The van der Waals surface area contributed by atoms with Crippen molar-refractivity contribution in [2.45, 2.75) is 68.3 Å². The average molecular weight is 675 g/mol. The molecule has 1 spiro atoms. The predicted octanol–water partition coefficient (Wildman–Crippen LogP) is 5.44. The van der Waals surface area contributed by atoms with E-state index in [-0.39, 0.29) is 17.2 Å². The molecule has 45 heavy (non-hydrogen) atoms. The number of amides is 3. The van der Waals surface area contributed by atoms with Crippen LogP contribution in [-0.4, -0.2) is 37.0 Å². The monoisotopic (exact) mass is 673 g/mol.